The lowest BCUT2D eigenvalue weighted by Gasteiger charge is -2.25. The van der Waals surface area contributed by atoms with Crippen molar-refractivity contribution < 1.29 is 23.8 Å². The molecule has 1 aliphatic heterocycles. The normalized spacial score (nSPS) is 15.4. The monoisotopic (exact) mass is 580 g/mol. The van der Waals surface area contributed by atoms with Gasteiger partial charge in [-0.3, -0.25) is 14.5 Å². The van der Waals surface area contributed by atoms with E-state index in [1.165, 1.54) is 11.8 Å². The van der Waals surface area contributed by atoms with Crippen LogP contribution in [0.5, 0.6) is 17.2 Å². The van der Waals surface area contributed by atoms with Crippen molar-refractivity contribution >= 4 is 29.4 Å². The second kappa shape index (κ2) is 12.5. The molecule has 0 spiro atoms. The largest absolute Gasteiger partial charge is 0.497 e. The molecule has 0 saturated heterocycles. The van der Waals surface area contributed by atoms with Gasteiger partial charge in [0.15, 0.2) is 0 Å². The van der Waals surface area contributed by atoms with Crippen LogP contribution < -0.4 is 24.4 Å². The third-order valence-electron chi connectivity index (χ3n) is 6.84. The fourth-order valence-electron chi connectivity index (χ4n) is 4.78. The van der Waals surface area contributed by atoms with Crippen molar-refractivity contribution in [1.82, 2.24) is 15.1 Å². The molecule has 0 aliphatic carbocycles. The van der Waals surface area contributed by atoms with E-state index in [2.05, 4.69) is 26.1 Å². The molecular weight excluding hydrogens is 540 g/mol. The lowest BCUT2D eigenvalue weighted by atomic mass is 9.87. The summed E-state index contributed by atoms with van der Waals surface area (Å²) >= 11 is 1.50. The van der Waals surface area contributed by atoms with Crippen LogP contribution in [-0.4, -0.2) is 61.8 Å². The van der Waals surface area contributed by atoms with Crippen molar-refractivity contribution in [3.63, 3.8) is 0 Å². The molecule has 1 aromatic heterocycles. The van der Waals surface area contributed by atoms with Gasteiger partial charge >= 0.3 is 0 Å². The van der Waals surface area contributed by atoms with Gasteiger partial charge in [-0.15, -0.1) is 11.8 Å². The first-order valence-corrected chi connectivity index (χ1v) is 14.7. The minimum atomic E-state index is -0.383. The summed E-state index contributed by atoms with van der Waals surface area (Å²) in [5.74, 6) is 2.71. The van der Waals surface area contributed by atoms with Crippen molar-refractivity contribution in [2.24, 2.45) is 5.92 Å². The number of ether oxygens (including phenoxy) is 3. The summed E-state index contributed by atoms with van der Waals surface area (Å²) in [4.78, 5) is 28.6. The number of carbonyl (C=O) groups excluding carboxylic acids is 2. The van der Waals surface area contributed by atoms with Gasteiger partial charge in [-0.05, 0) is 48.4 Å². The minimum absolute atomic E-state index is 0.119. The van der Waals surface area contributed by atoms with Gasteiger partial charge in [0.1, 0.15) is 29.6 Å². The maximum atomic E-state index is 13.9. The van der Waals surface area contributed by atoms with Crippen LogP contribution in [0.1, 0.15) is 56.7 Å². The van der Waals surface area contributed by atoms with Crippen molar-refractivity contribution in [2.45, 2.75) is 45.3 Å². The number of nitrogens with one attached hydrogen (secondary N) is 1. The number of benzene rings is 2. The number of nitrogens with zero attached hydrogens (tertiary/aromatic N) is 3. The number of fused-ring (bicyclic) bond motifs is 1. The van der Waals surface area contributed by atoms with Crippen molar-refractivity contribution in [1.29, 1.82) is 0 Å². The summed E-state index contributed by atoms with van der Waals surface area (Å²) < 4.78 is 18.5. The SMILES string of the molecule is COc1ccc(-n2nc(C(C)(C)C)c3c2N(CC(=O)NCC(C)C)C(=O)CSC3c2cc(OC)ccc2OC)cc1. The molecule has 0 saturated carbocycles. The molecule has 1 atom stereocenters. The molecule has 9 nitrogen and oxygen atoms in total. The maximum Gasteiger partial charge on any atom is 0.240 e. The van der Waals surface area contributed by atoms with Gasteiger partial charge in [0.05, 0.1) is 43.7 Å². The highest BCUT2D eigenvalue weighted by Crippen LogP contribution is 2.51. The number of thioether (sulfide) groups is 1. The molecule has 2 amide bonds. The molecule has 2 aromatic carbocycles. The van der Waals surface area contributed by atoms with Crippen LogP contribution in [0.2, 0.25) is 0 Å². The smallest absolute Gasteiger partial charge is 0.240 e. The molecule has 1 unspecified atom stereocenters. The van der Waals surface area contributed by atoms with E-state index >= 15 is 0 Å². The summed E-state index contributed by atoms with van der Waals surface area (Å²) in [5.41, 5.74) is 2.93. The van der Waals surface area contributed by atoms with Gasteiger partial charge in [0.25, 0.3) is 0 Å². The second-order valence-electron chi connectivity index (χ2n) is 11.4. The van der Waals surface area contributed by atoms with E-state index in [0.717, 1.165) is 22.5 Å². The van der Waals surface area contributed by atoms with Crippen LogP contribution >= 0.6 is 11.8 Å². The highest BCUT2D eigenvalue weighted by Gasteiger charge is 2.40. The quantitative estimate of drug-likeness (QED) is 0.375. The number of methoxy groups -OCH3 is 3. The number of hydrogen-bond donors (Lipinski definition) is 1. The highest BCUT2D eigenvalue weighted by molar-refractivity contribution is 8.00. The van der Waals surface area contributed by atoms with Crippen LogP contribution in [-0.2, 0) is 15.0 Å². The molecule has 220 valence electrons. The molecular formula is C31H40N4O5S. The van der Waals surface area contributed by atoms with Crippen LogP contribution in [0.15, 0.2) is 42.5 Å². The van der Waals surface area contributed by atoms with Crippen LogP contribution in [0, 0.1) is 5.92 Å². The van der Waals surface area contributed by atoms with Gasteiger partial charge < -0.3 is 19.5 Å². The number of hydrogen-bond acceptors (Lipinski definition) is 7. The summed E-state index contributed by atoms with van der Waals surface area (Å²) in [6, 6.07) is 13.2. The number of amides is 2. The van der Waals surface area contributed by atoms with Crippen molar-refractivity contribution in [3.8, 4) is 22.9 Å². The zero-order valence-electron chi connectivity index (χ0n) is 25.1. The lowest BCUT2D eigenvalue weighted by molar-refractivity contribution is -0.123. The Hall–Kier alpha value is -3.66. The van der Waals surface area contributed by atoms with Crippen LogP contribution in [0.4, 0.5) is 5.82 Å². The predicted molar refractivity (Wildman–Crippen MR) is 163 cm³/mol. The van der Waals surface area contributed by atoms with Crippen molar-refractivity contribution in [3.05, 3.63) is 59.3 Å². The molecule has 0 fully saturated rings. The molecule has 4 rings (SSSR count). The fourth-order valence-corrected chi connectivity index (χ4v) is 6.00. The Balaban J connectivity index is 2.01. The van der Waals surface area contributed by atoms with E-state index in [1.807, 2.05) is 56.3 Å². The molecule has 0 bridgehead atoms. The molecule has 3 aromatic rings. The molecule has 10 heteroatoms. The number of anilines is 1. The van der Waals surface area contributed by atoms with E-state index < -0.39 is 0 Å². The molecule has 2 heterocycles. The summed E-state index contributed by atoms with van der Waals surface area (Å²) in [6.07, 6.45) is 0. The number of carbonyl (C=O) groups is 2. The Labute approximate surface area is 246 Å². The number of aromatic nitrogens is 2. The van der Waals surface area contributed by atoms with Gasteiger partial charge in [-0.2, -0.15) is 5.10 Å². The lowest BCUT2D eigenvalue weighted by Crippen LogP contribution is -2.43. The third-order valence-corrected chi connectivity index (χ3v) is 8.08. The molecule has 1 N–H and O–H groups in total. The first kappa shape index (κ1) is 30.3. The average molecular weight is 581 g/mol. The van der Waals surface area contributed by atoms with Crippen molar-refractivity contribution in [2.75, 3.05) is 45.1 Å². The first-order chi connectivity index (χ1) is 19.5. The third kappa shape index (κ3) is 6.48. The summed E-state index contributed by atoms with van der Waals surface area (Å²) in [6.45, 7) is 10.8. The summed E-state index contributed by atoms with van der Waals surface area (Å²) in [5, 5.41) is 7.79. The standard InChI is InChI=1S/C31H40N4O5S/c1-19(2)16-32-25(36)17-34-26(37)18-41-28(23-15-22(39-7)13-14-24(23)40-8)27-29(31(3,4)5)33-35(30(27)34)20-9-11-21(38-6)12-10-20/h9-15,19,28H,16-18H2,1-8H3,(H,32,36). The van der Waals surface area contributed by atoms with E-state index in [-0.39, 0.29) is 40.7 Å². The van der Waals surface area contributed by atoms with E-state index in [0.29, 0.717) is 29.6 Å². The minimum Gasteiger partial charge on any atom is -0.497 e. The zero-order chi connectivity index (χ0) is 29.9. The van der Waals surface area contributed by atoms with Gasteiger partial charge in [0, 0.05) is 23.1 Å². The Morgan fingerprint density at radius 2 is 1.71 bits per heavy atom. The first-order valence-electron chi connectivity index (χ1n) is 13.7. The zero-order valence-corrected chi connectivity index (χ0v) is 25.9. The maximum absolute atomic E-state index is 13.9. The Morgan fingerprint density at radius 3 is 2.29 bits per heavy atom. The fraction of sp³-hybridized carbons (Fsp3) is 0.452. The number of rotatable bonds is 9. The van der Waals surface area contributed by atoms with Crippen LogP contribution in [0.3, 0.4) is 0 Å². The average Bonchev–Trinajstić information content (AvgIpc) is 3.29. The van der Waals surface area contributed by atoms with E-state index in [4.69, 9.17) is 19.3 Å². The second-order valence-corrected chi connectivity index (χ2v) is 12.5. The topological polar surface area (TPSA) is 94.9 Å². The van der Waals surface area contributed by atoms with E-state index in [1.54, 1.807) is 30.9 Å². The van der Waals surface area contributed by atoms with Gasteiger partial charge in [-0.25, -0.2) is 4.68 Å². The molecule has 41 heavy (non-hydrogen) atoms. The highest BCUT2D eigenvalue weighted by atomic mass is 32.2. The predicted octanol–water partition coefficient (Wildman–Crippen LogP) is 5.14. The van der Waals surface area contributed by atoms with Gasteiger partial charge in [-0.1, -0.05) is 34.6 Å². The van der Waals surface area contributed by atoms with Gasteiger partial charge in [0.2, 0.25) is 11.8 Å². The van der Waals surface area contributed by atoms with Crippen LogP contribution in [0.25, 0.3) is 5.69 Å². The van der Waals surface area contributed by atoms with E-state index in [9.17, 15) is 9.59 Å². The molecule has 1 aliphatic rings. The summed E-state index contributed by atoms with van der Waals surface area (Å²) in [7, 11) is 4.88. The Bertz CT molecular complexity index is 1390. The Morgan fingerprint density at radius 1 is 1.05 bits per heavy atom. The Kier molecular flexibility index (Phi) is 9.21. The molecule has 0 radical (unpaired) electrons.